The highest BCUT2D eigenvalue weighted by Crippen LogP contribution is 2.32. The smallest absolute Gasteiger partial charge is 0.369 e. The molecule has 0 aliphatic carbocycles. The molecule has 0 spiro atoms. The Hall–Kier alpha value is -2.11. The van der Waals surface area contributed by atoms with E-state index < -0.39 is 11.7 Å². The van der Waals surface area contributed by atoms with E-state index in [0.29, 0.717) is 23.6 Å². The van der Waals surface area contributed by atoms with E-state index in [1.807, 2.05) is 20.8 Å². The monoisotopic (exact) mass is 295 g/mol. The molecule has 0 atom stereocenters. The highest BCUT2D eigenvalue weighted by molar-refractivity contribution is 5.72. The lowest BCUT2D eigenvalue weighted by Crippen LogP contribution is -2.07. The first kappa shape index (κ1) is 15.3. The summed E-state index contributed by atoms with van der Waals surface area (Å²) in [7, 11) is 0. The first-order valence-corrected chi connectivity index (χ1v) is 6.59. The minimum atomic E-state index is -4.34. The molecule has 1 N–H and O–H groups in total. The van der Waals surface area contributed by atoms with Gasteiger partial charge in [0.15, 0.2) is 5.82 Å². The molecule has 1 heterocycles. The van der Waals surface area contributed by atoms with Crippen LogP contribution in [0.25, 0.3) is 11.3 Å². The second-order valence-electron chi connectivity index (χ2n) is 4.70. The fourth-order valence-corrected chi connectivity index (χ4v) is 1.91. The molecule has 21 heavy (non-hydrogen) atoms. The van der Waals surface area contributed by atoms with E-state index in [-0.39, 0.29) is 0 Å². The Balaban J connectivity index is 2.48. The Bertz CT molecular complexity index is 634. The van der Waals surface area contributed by atoms with Gasteiger partial charge in [-0.15, -0.1) is 0 Å². The molecule has 1 aromatic heterocycles. The van der Waals surface area contributed by atoms with Gasteiger partial charge in [-0.1, -0.05) is 12.1 Å². The van der Waals surface area contributed by atoms with Crippen LogP contribution in [0.4, 0.5) is 19.0 Å². The van der Waals surface area contributed by atoms with Crippen molar-refractivity contribution in [3.8, 4) is 11.3 Å². The molecule has 0 amide bonds. The van der Waals surface area contributed by atoms with Crippen molar-refractivity contribution in [2.45, 2.75) is 26.9 Å². The number of anilines is 1. The van der Waals surface area contributed by atoms with Gasteiger partial charge in [0, 0.05) is 12.1 Å². The Morgan fingerprint density at radius 3 is 2.10 bits per heavy atom. The van der Waals surface area contributed by atoms with Gasteiger partial charge in [0.1, 0.15) is 5.69 Å². The van der Waals surface area contributed by atoms with E-state index in [9.17, 15) is 13.2 Å². The molecule has 2 rings (SSSR count). The quantitative estimate of drug-likeness (QED) is 0.921. The topological polar surface area (TPSA) is 37.8 Å². The highest BCUT2D eigenvalue weighted by atomic mass is 19.4. The summed E-state index contributed by atoms with van der Waals surface area (Å²) >= 11 is 0. The zero-order valence-electron chi connectivity index (χ0n) is 12.0. The van der Waals surface area contributed by atoms with Crippen molar-refractivity contribution in [2.75, 3.05) is 11.9 Å². The van der Waals surface area contributed by atoms with Crippen molar-refractivity contribution in [1.82, 2.24) is 9.97 Å². The van der Waals surface area contributed by atoms with Crippen molar-refractivity contribution in [3.05, 3.63) is 41.2 Å². The first-order valence-electron chi connectivity index (χ1n) is 6.59. The summed E-state index contributed by atoms with van der Waals surface area (Å²) in [5.41, 5.74) is 2.05. The lowest BCUT2D eigenvalue weighted by atomic mass is 10.1. The predicted octanol–water partition coefficient (Wildman–Crippen LogP) is 4.21. The number of hydrogen-bond acceptors (Lipinski definition) is 3. The van der Waals surface area contributed by atoms with Gasteiger partial charge in [0.2, 0.25) is 0 Å². The third kappa shape index (κ3) is 3.32. The standard InChI is InChI=1S/C15H16F3N3/c1-4-19-14-13(20-9(2)10(3)21-14)11-5-7-12(8-6-11)15(16,17)18/h5-8H,4H2,1-3H3,(H,19,21). The molecule has 2 aromatic rings. The first-order chi connectivity index (χ1) is 9.82. The van der Waals surface area contributed by atoms with Gasteiger partial charge in [-0.25, -0.2) is 9.97 Å². The van der Waals surface area contributed by atoms with Gasteiger partial charge in [-0.3, -0.25) is 0 Å². The molecule has 0 radical (unpaired) electrons. The van der Waals surface area contributed by atoms with Crippen LogP contribution in [0.3, 0.4) is 0 Å². The number of nitrogens with one attached hydrogen (secondary N) is 1. The maximum atomic E-state index is 12.6. The largest absolute Gasteiger partial charge is 0.416 e. The van der Waals surface area contributed by atoms with Crippen LogP contribution in [0.5, 0.6) is 0 Å². The molecular weight excluding hydrogens is 279 g/mol. The van der Waals surface area contributed by atoms with Crippen LogP contribution >= 0.6 is 0 Å². The molecule has 0 fully saturated rings. The summed E-state index contributed by atoms with van der Waals surface area (Å²) in [6.07, 6.45) is -4.34. The molecule has 0 unspecified atom stereocenters. The zero-order chi connectivity index (χ0) is 15.6. The summed E-state index contributed by atoms with van der Waals surface area (Å²) < 4.78 is 37.8. The fraction of sp³-hybridized carbons (Fsp3) is 0.333. The van der Waals surface area contributed by atoms with Gasteiger partial charge in [-0.05, 0) is 32.9 Å². The van der Waals surface area contributed by atoms with Crippen molar-refractivity contribution in [1.29, 1.82) is 0 Å². The van der Waals surface area contributed by atoms with Gasteiger partial charge >= 0.3 is 6.18 Å². The molecule has 0 bridgehead atoms. The number of aromatic nitrogens is 2. The van der Waals surface area contributed by atoms with E-state index >= 15 is 0 Å². The zero-order valence-corrected chi connectivity index (χ0v) is 12.0. The number of halogens is 3. The van der Waals surface area contributed by atoms with E-state index in [4.69, 9.17) is 0 Å². The van der Waals surface area contributed by atoms with Crippen molar-refractivity contribution < 1.29 is 13.2 Å². The molecule has 3 nitrogen and oxygen atoms in total. The normalized spacial score (nSPS) is 11.5. The summed E-state index contributed by atoms with van der Waals surface area (Å²) in [5.74, 6) is 0.584. The molecule has 0 aliphatic rings. The van der Waals surface area contributed by atoms with Crippen LogP contribution in [-0.4, -0.2) is 16.5 Å². The molecule has 112 valence electrons. The highest BCUT2D eigenvalue weighted by Gasteiger charge is 2.30. The number of rotatable bonds is 3. The number of hydrogen-bond donors (Lipinski definition) is 1. The Morgan fingerprint density at radius 1 is 1.00 bits per heavy atom. The average molecular weight is 295 g/mol. The van der Waals surface area contributed by atoms with Gasteiger partial charge in [0.05, 0.1) is 17.0 Å². The fourth-order valence-electron chi connectivity index (χ4n) is 1.91. The van der Waals surface area contributed by atoms with Gasteiger partial charge in [-0.2, -0.15) is 13.2 Å². The molecule has 0 saturated heterocycles. The van der Waals surface area contributed by atoms with Crippen LogP contribution in [0.1, 0.15) is 23.9 Å². The Kier molecular flexibility index (Phi) is 4.16. The van der Waals surface area contributed by atoms with Crippen LogP contribution in [0, 0.1) is 13.8 Å². The van der Waals surface area contributed by atoms with Crippen molar-refractivity contribution >= 4 is 5.82 Å². The summed E-state index contributed by atoms with van der Waals surface area (Å²) in [5, 5.41) is 3.09. The number of nitrogens with zero attached hydrogens (tertiary/aromatic N) is 2. The van der Waals surface area contributed by atoms with Gasteiger partial charge in [0.25, 0.3) is 0 Å². The second kappa shape index (κ2) is 5.71. The van der Waals surface area contributed by atoms with E-state index in [1.165, 1.54) is 12.1 Å². The Morgan fingerprint density at radius 2 is 1.57 bits per heavy atom. The van der Waals surface area contributed by atoms with Crippen LogP contribution < -0.4 is 5.32 Å². The third-order valence-corrected chi connectivity index (χ3v) is 3.14. The van der Waals surface area contributed by atoms with Crippen LogP contribution in [0.15, 0.2) is 24.3 Å². The van der Waals surface area contributed by atoms with Crippen LogP contribution in [-0.2, 0) is 6.18 Å². The summed E-state index contributed by atoms with van der Waals surface area (Å²) in [4.78, 5) is 8.86. The maximum absolute atomic E-state index is 12.6. The minimum absolute atomic E-state index is 0.564. The summed E-state index contributed by atoms with van der Waals surface area (Å²) in [6, 6.07) is 4.95. The van der Waals surface area contributed by atoms with Crippen LogP contribution in [0.2, 0.25) is 0 Å². The van der Waals surface area contributed by atoms with Crippen molar-refractivity contribution in [3.63, 3.8) is 0 Å². The molecule has 0 saturated carbocycles. The van der Waals surface area contributed by atoms with Gasteiger partial charge < -0.3 is 5.32 Å². The van der Waals surface area contributed by atoms with Crippen molar-refractivity contribution in [2.24, 2.45) is 0 Å². The van der Waals surface area contributed by atoms with E-state index in [2.05, 4.69) is 15.3 Å². The SMILES string of the molecule is CCNc1nc(C)c(C)nc1-c1ccc(C(F)(F)F)cc1. The van der Waals surface area contributed by atoms with E-state index in [1.54, 1.807) is 0 Å². The summed E-state index contributed by atoms with van der Waals surface area (Å²) in [6.45, 7) is 6.25. The Labute approximate surface area is 121 Å². The second-order valence-corrected chi connectivity index (χ2v) is 4.70. The van der Waals surface area contributed by atoms with E-state index in [0.717, 1.165) is 23.5 Å². The molecule has 0 aliphatic heterocycles. The lowest BCUT2D eigenvalue weighted by Gasteiger charge is -2.13. The number of benzene rings is 1. The minimum Gasteiger partial charge on any atom is -0.369 e. The third-order valence-electron chi connectivity index (χ3n) is 3.14. The number of aryl methyl sites for hydroxylation is 2. The maximum Gasteiger partial charge on any atom is 0.416 e. The number of alkyl halides is 3. The molecular formula is C15H16F3N3. The average Bonchev–Trinajstić information content (AvgIpc) is 2.42. The predicted molar refractivity (Wildman–Crippen MR) is 76.1 cm³/mol. The molecule has 6 heteroatoms. The lowest BCUT2D eigenvalue weighted by molar-refractivity contribution is -0.137. The molecule has 1 aromatic carbocycles.